The smallest absolute Gasteiger partial charge is 0.497 e. The molecule has 19 heteroatoms. The maximum Gasteiger partial charge on any atom is 0.573 e. The van der Waals surface area contributed by atoms with Gasteiger partial charge in [0.05, 0.1) is 24.6 Å². The maximum atomic E-state index is 14.7. The Balaban J connectivity index is 1.22. The zero-order chi connectivity index (χ0) is 44.6. The van der Waals surface area contributed by atoms with Crippen molar-refractivity contribution in [3.63, 3.8) is 0 Å². The van der Waals surface area contributed by atoms with Gasteiger partial charge >= 0.3 is 12.5 Å². The van der Waals surface area contributed by atoms with Crippen LogP contribution < -0.4 is 29.6 Å². The molecule has 2 aliphatic carbocycles. The number of benzene rings is 2. The van der Waals surface area contributed by atoms with E-state index in [1.54, 1.807) is 45.0 Å². The van der Waals surface area contributed by atoms with Gasteiger partial charge in [0.1, 0.15) is 40.8 Å². The standard InChI is InChI=1S/C43H52F3N5O10S/c1-41(2,3)61-40(55)48-33-11-9-7-5-6-8-10-27-23-42(27,39(54)50-62(56,57)31-17-18-31)49-36(52)35-22-30(24-51(35)38(33)53)59-37-32-19-16-29(58-4)20-26(32)21-34(47-37)25-12-14-28(15-13-25)60-43(44,45)46/h12-16,19-21,27,30-31,33,35H,5-11,17-18,22-24H2,1-4H3,(H,48,55)(H,49,52)(H,50,54)/t27-,30?,33+,35+,42-/m1/s1. The lowest BCUT2D eigenvalue weighted by molar-refractivity contribution is -0.274. The fourth-order valence-electron chi connectivity index (χ4n) is 8.26. The molecule has 0 spiro atoms. The molecule has 2 aromatic carbocycles. The molecular formula is C43H52F3N5O10S. The SMILES string of the molecule is COc1ccc2c(OC3C[C@H]4C(=O)N[C@]5(C(=O)NS(=O)(=O)C6CC6)C[C@H]5CCCCCCC[C@H](NC(=O)OC(C)(C)C)C(=O)N4C3)nc(-c3ccc(OC(F)(F)F)cc3)cc2c1. The van der Waals surface area contributed by atoms with Crippen molar-refractivity contribution in [2.45, 2.75) is 132 Å². The second-order valence-electron chi connectivity index (χ2n) is 17.5. The van der Waals surface area contributed by atoms with Crippen molar-refractivity contribution in [2.24, 2.45) is 5.92 Å². The first-order valence-electron chi connectivity index (χ1n) is 20.9. The number of amides is 4. The molecule has 2 aliphatic heterocycles. The Morgan fingerprint density at radius 3 is 2.26 bits per heavy atom. The number of alkyl carbamates (subject to hydrolysis) is 1. The number of halogens is 3. The summed E-state index contributed by atoms with van der Waals surface area (Å²) in [7, 11) is -2.45. The van der Waals surface area contributed by atoms with Gasteiger partial charge in [-0.1, -0.05) is 32.1 Å². The summed E-state index contributed by atoms with van der Waals surface area (Å²) in [5, 5.41) is 6.08. The van der Waals surface area contributed by atoms with Crippen molar-refractivity contribution in [3.05, 3.63) is 48.5 Å². The third kappa shape index (κ3) is 10.6. The molecule has 4 amide bonds. The van der Waals surface area contributed by atoms with Crippen LogP contribution in [0.25, 0.3) is 22.0 Å². The number of carbonyl (C=O) groups is 4. The number of pyridine rings is 1. The fraction of sp³-hybridized carbons (Fsp3) is 0.558. The number of fused-ring (bicyclic) bond motifs is 3. The summed E-state index contributed by atoms with van der Waals surface area (Å²) in [6, 6.07) is 9.71. The van der Waals surface area contributed by atoms with E-state index in [0.717, 1.165) is 37.8 Å². The fourth-order valence-corrected chi connectivity index (χ4v) is 9.62. The van der Waals surface area contributed by atoms with Gasteiger partial charge in [-0.15, -0.1) is 13.2 Å². The lowest BCUT2D eigenvalue weighted by Gasteiger charge is -2.30. The molecular weight excluding hydrogens is 836 g/mol. The van der Waals surface area contributed by atoms with Crippen molar-refractivity contribution >= 4 is 44.6 Å². The van der Waals surface area contributed by atoms with Crippen LogP contribution in [0.1, 0.15) is 91.4 Å². The van der Waals surface area contributed by atoms with Gasteiger partial charge in [-0.25, -0.2) is 18.2 Å². The van der Waals surface area contributed by atoms with Crippen LogP contribution >= 0.6 is 0 Å². The molecule has 0 radical (unpaired) electrons. The van der Waals surface area contributed by atoms with Crippen molar-refractivity contribution in [3.8, 4) is 28.6 Å². The van der Waals surface area contributed by atoms with E-state index in [0.29, 0.717) is 53.5 Å². The molecule has 3 heterocycles. The van der Waals surface area contributed by atoms with Crippen LogP contribution in [0.2, 0.25) is 0 Å². The number of methoxy groups -OCH3 is 1. The number of rotatable bonds is 9. The predicted octanol–water partition coefficient (Wildman–Crippen LogP) is 6.28. The lowest BCUT2D eigenvalue weighted by atomic mass is 10.0. The van der Waals surface area contributed by atoms with Crippen LogP contribution in [0, 0.1) is 5.92 Å². The average Bonchev–Trinajstić information content (AvgIpc) is 4.12. The van der Waals surface area contributed by atoms with Crippen LogP contribution in [0.15, 0.2) is 48.5 Å². The van der Waals surface area contributed by atoms with E-state index >= 15 is 0 Å². The van der Waals surface area contributed by atoms with Gasteiger partial charge in [-0.2, -0.15) is 0 Å². The minimum atomic E-state index is -4.88. The van der Waals surface area contributed by atoms with Gasteiger partial charge in [0.25, 0.3) is 5.91 Å². The largest absolute Gasteiger partial charge is 0.573 e. The molecule has 5 atom stereocenters. The summed E-state index contributed by atoms with van der Waals surface area (Å²) >= 11 is 0. The van der Waals surface area contributed by atoms with E-state index in [9.17, 15) is 40.8 Å². The number of ether oxygens (including phenoxy) is 4. The number of aromatic nitrogens is 1. The second-order valence-corrected chi connectivity index (χ2v) is 19.5. The summed E-state index contributed by atoms with van der Waals surface area (Å²) in [4.78, 5) is 62.3. The molecule has 3 aromatic rings. The molecule has 4 aliphatic rings. The van der Waals surface area contributed by atoms with Gasteiger partial charge in [0.2, 0.25) is 27.7 Å². The van der Waals surface area contributed by atoms with Gasteiger partial charge < -0.3 is 34.5 Å². The Hall–Kier alpha value is -5.33. The molecule has 7 rings (SSSR count). The Labute approximate surface area is 357 Å². The van der Waals surface area contributed by atoms with Crippen molar-refractivity contribution in [1.82, 2.24) is 25.2 Å². The first-order chi connectivity index (χ1) is 29.2. The summed E-state index contributed by atoms with van der Waals surface area (Å²) in [5.41, 5.74) is -1.61. The number of nitrogens with one attached hydrogen (secondary N) is 3. The predicted molar refractivity (Wildman–Crippen MR) is 219 cm³/mol. The van der Waals surface area contributed by atoms with Gasteiger partial charge in [-0.05, 0) is 113 Å². The first-order valence-corrected chi connectivity index (χ1v) is 22.5. The molecule has 62 heavy (non-hydrogen) atoms. The van der Waals surface area contributed by atoms with E-state index in [1.807, 2.05) is 0 Å². The molecule has 1 aromatic heterocycles. The zero-order valence-corrected chi connectivity index (χ0v) is 35.8. The highest BCUT2D eigenvalue weighted by atomic mass is 32.2. The summed E-state index contributed by atoms with van der Waals surface area (Å²) in [6.07, 6.45) is -0.980. The van der Waals surface area contributed by atoms with Gasteiger partial charge in [0.15, 0.2) is 0 Å². The Kier molecular flexibility index (Phi) is 12.6. The summed E-state index contributed by atoms with van der Waals surface area (Å²) in [6.45, 7) is 4.94. The number of sulfonamides is 1. The van der Waals surface area contributed by atoms with Crippen LogP contribution in [0.5, 0.6) is 17.4 Å². The van der Waals surface area contributed by atoms with Crippen LogP contribution in [-0.2, 0) is 29.1 Å². The maximum absolute atomic E-state index is 14.7. The number of carbonyl (C=O) groups excluding carboxylic acids is 4. The Bertz CT molecular complexity index is 2300. The third-order valence-electron chi connectivity index (χ3n) is 11.6. The normalized spacial score (nSPS) is 25.0. The topological polar surface area (TPSA) is 192 Å². The van der Waals surface area contributed by atoms with Gasteiger partial charge in [0, 0.05) is 17.4 Å². The first kappa shape index (κ1) is 44.7. The van der Waals surface area contributed by atoms with Crippen molar-refractivity contribution in [1.29, 1.82) is 0 Å². The van der Waals surface area contributed by atoms with Crippen molar-refractivity contribution in [2.75, 3.05) is 13.7 Å². The third-order valence-corrected chi connectivity index (χ3v) is 13.4. The van der Waals surface area contributed by atoms with E-state index < -0.39 is 80.5 Å². The summed E-state index contributed by atoms with van der Waals surface area (Å²) < 4.78 is 88.4. The van der Waals surface area contributed by atoms with Crippen LogP contribution in [0.4, 0.5) is 18.0 Å². The monoisotopic (exact) mass is 887 g/mol. The highest BCUT2D eigenvalue weighted by molar-refractivity contribution is 7.91. The summed E-state index contributed by atoms with van der Waals surface area (Å²) in [5.74, 6) is -2.20. The quantitative estimate of drug-likeness (QED) is 0.219. The van der Waals surface area contributed by atoms with E-state index in [-0.39, 0.29) is 37.6 Å². The number of hydrogen-bond donors (Lipinski definition) is 3. The lowest BCUT2D eigenvalue weighted by Crippen LogP contribution is -2.58. The van der Waals surface area contributed by atoms with Crippen LogP contribution in [-0.4, -0.2) is 96.7 Å². The van der Waals surface area contributed by atoms with E-state index in [1.165, 1.54) is 24.1 Å². The highest BCUT2D eigenvalue weighted by Gasteiger charge is 2.62. The molecule has 2 saturated heterocycles. The minimum absolute atomic E-state index is 0.0769. The van der Waals surface area contributed by atoms with E-state index in [2.05, 4.69) is 20.1 Å². The molecule has 4 fully saturated rings. The average molecular weight is 888 g/mol. The number of nitrogens with zero attached hydrogens (tertiary/aromatic N) is 2. The zero-order valence-electron chi connectivity index (χ0n) is 35.0. The number of alkyl halides is 3. The molecule has 3 N–H and O–H groups in total. The molecule has 15 nitrogen and oxygen atoms in total. The Morgan fingerprint density at radius 1 is 0.919 bits per heavy atom. The number of hydrogen-bond acceptors (Lipinski definition) is 11. The molecule has 0 bridgehead atoms. The molecule has 1 unspecified atom stereocenters. The highest BCUT2D eigenvalue weighted by Crippen LogP contribution is 2.48. The molecule has 336 valence electrons. The van der Waals surface area contributed by atoms with Crippen LogP contribution in [0.3, 0.4) is 0 Å². The van der Waals surface area contributed by atoms with E-state index in [4.69, 9.17) is 19.2 Å². The minimum Gasteiger partial charge on any atom is -0.497 e. The van der Waals surface area contributed by atoms with Crippen molar-refractivity contribution < 1.29 is 59.7 Å². The van der Waals surface area contributed by atoms with Gasteiger partial charge in [-0.3, -0.25) is 19.1 Å². The second kappa shape index (κ2) is 17.4. The molecule has 2 saturated carbocycles. The Morgan fingerprint density at radius 2 is 1.60 bits per heavy atom.